The maximum atomic E-state index is 10.8. The van der Waals surface area contributed by atoms with Crippen molar-refractivity contribution in [3.05, 3.63) is 36.7 Å². The number of ether oxygens (including phenoxy) is 2. The second-order valence-corrected chi connectivity index (χ2v) is 11.3. The summed E-state index contributed by atoms with van der Waals surface area (Å²) in [5.74, 6) is 2.25. The van der Waals surface area contributed by atoms with Crippen LogP contribution in [-0.4, -0.2) is 62.7 Å². The highest BCUT2D eigenvalue weighted by molar-refractivity contribution is 5.73. The lowest BCUT2D eigenvalue weighted by molar-refractivity contribution is 0.203. The normalized spacial score (nSPS) is 26.6. The third kappa shape index (κ3) is 4.45. The first kappa shape index (κ1) is 23.9. The van der Waals surface area contributed by atoms with Gasteiger partial charge in [-0.15, -0.1) is 10.2 Å². The van der Waals surface area contributed by atoms with Gasteiger partial charge in [-0.05, 0) is 76.1 Å². The quantitative estimate of drug-likeness (QED) is 0.488. The van der Waals surface area contributed by atoms with Crippen molar-refractivity contribution >= 4 is 5.82 Å². The number of fused-ring (bicyclic) bond motifs is 2. The molecule has 9 nitrogen and oxygen atoms in total. The summed E-state index contributed by atoms with van der Waals surface area (Å²) in [5, 5.41) is 23.8. The van der Waals surface area contributed by atoms with Crippen LogP contribution in [-0.2, 0) is 0 Å². The topological polar surface area (TPSA) is 106 Å². The number of pyridine rings is 1. The second kappa shape index (κ2) is 8.83. The molecule has 1 aliphatic carbocycles. The van der Waals surface area contributed by atoms with Crippen LogP contribution in [0.2, 0.25) is 0 Å². The fourth-order valence-electron chi connectivity index (χ4n) is 6.35. The summed E-state index contributed by atoms with van der Waals surface area (Å²) >= 11 is 0. The van der Waals surface area contributed by atoms with Crippen LogP contribution in [0, 0.1) is 0 Å². The lowest BCUT2D eigenvalue weighted by Crippen LogP contribution is -2.59. The van der Waals surface area contributed by atoms with Crippen molar-refractivity contribution in [1.29, 1.82) is 0 Å². The molecular weight excluding hydrogens is 468 g/mol. The summed E-state index contributed by atoms with van der Waals surface area (Å²) in [6.07, 6.45) is 10.5. The second-order valence-electron chi connectivity index (χ2n) is 11.3. The van der Waals surface area contributed by atoms with Gasteiger partial charge < -0.3 is 24.8 Å². The highest BCUT2D eigenvalue weighted by Gasteiger charge is 2.51. The van der Waals surface area contributed by atoms with E-state index in [1.807, 2.05) is 24.4 Å². The third-order valence-corrected chi connectivity index (χ3v) is 8.16. The zero-order chi connectivity index (χ0) is 25.8. The number of hydrogen-bond donors (Lipinski definition) is 2. The number of piperidine rings is 1. The van der Waals surface area contributed by atoms with Crippen LogP contribution < -0.4 is 19.7 Å². The molecule has 1 saturated carbocycles. The molecular formula is C28H34N6O3. The number of nitrogens with one attached hydrogen (secondary N) is 1. The van der Waals surface area contributed by atoms with Gasteiger partial charge >= 0.3 is 0 Å². The molecule has 37 heavy (non-hydrogen) atoms. The van der Waals surface area contributed by atoms with Gasteiger partial charge in [0.05, 0.1) is 26.0 Å². The molecule has 0 amide bonds. The highest BCUT2D eigenvalue weighted by Crippen LogP contribution is 2.46. The number of phenols is 1. The van der Waals surface area contributed by atoms with Crippen molar-refractivity contribution < 1.29 is 14.6 Å². The average Bonchev–Trinajstić information content (AvgIpc) is 3.69. The number of aromatic nitrogens is 4. The Balaban J connectivity index is 1.25. The number of anilines is 1. The van der Waals surface area contributed by atoms with E-state index in [0.717, 1.165) is 29.8 Å². The Morgan fingerprint density at radius 1 is 0.919 bits per heavy atom. The molecule has 1 unspecified atom stereocenters. The summed E-state index contributed by atoms with van der Waals surface area (Å²) < 4.78 is 10.6. The van der Waals surface area contributed by atoms with Crippen LogP contribution in [0.15, 0.2) is 36.7 Å². The van der Waals surface area contributed by atoms with Gasteiger partial charge in [0.1, 0.15) is 5.75 Å². The number of hydrogen-bond acceptors (Lipinski definition) is 9. The summed E-state index contributed by atoms with van der Waals surface area (Å²) in [5.41, 5.74) is 2.49. The van der Waals surface area contributed by atoms with E-state index in [1.165, 1.54) is 25.7 Å². The number of methoxy groups -OCH3 is 2. The predicted octanol–water partition coefficient (Wildman–Crippen LogP) is 4.36. The minimum atomic E-state index is 0.0802. The maximum absolute atomic E-state index is 10.8. The van der Waals surface area contributed by atoms with Crippen molar-refractivity contribution in [2.75, 3.05) is 19.1 Å². The van der Waals surface area contributed by atoms with Crippen LogP contribution in [0.1, 0.15) is 52.4 Å². The van der Waals surface area contributed by atoms with E-state index in [4.69, 9.17) is 9.47 Å². The average molecular weight is 503 g/mol. The molecule has 4 heterocycles. The Labute approximate surface area is 217 Å². The van der Waals surface area contributed by atoms with Crippen LogP contribution in [0.4, 0.5) is 5.82 Å². The zero-order valence-corrected chi connectivity index (χ0v) is 21.9. The largest absolute Gasteiger partial charge is 0.507 e. The van der Waals surface area contributed by atoms with E-state index in [0.29, 0.717) is 35.1 Å². The van der Waals surface area contributed by atoms with E-state index in [-0.39, 0.29) is 16.8 Å². The molecule has 0 spiro atoms. The first-order valence-electron chi connectivity index (χ1n) is 13.0. The van der Waals surface area contributed by atoms with Gasteiger partial charge in [-0.25, -0.2) is 9.97 Å². The first-order valence-corrected chi connectivity index (χ1v) is 13.0. The van der Waals surface area contributed by atoms with Gasteiger partial charge in [0.25, 0.3) is 5.88 Å². The van der Waals surface area contributed by atoms with Crippen LogP contribution in [0.3, 0.4) is 0 Å². The van der Waals surface area contributed by atoms with Crippen molar-refractivity contribution in [3.63, 3.8) is 0 Å². The zero-order valence-electron chi connectivity index (χ0n) is 21.9. The van der Waals surface area contributed by atoms with Gasteiger partial charge in [-0.1, -0.05) is 6.07 Å². The number of nitrogens with zero attached hydrogens (tertiary/aromatic N) is 5. The fraction of sp³-hybridized carbons (Fsp3) is 0.500. The molecule has 2 saturated heterocycles. The van der Waals surface area contributed by atoms with E-state index in [1.54, 1.807) is 26.5 Å². The van der Waals surface area contributed by atoms with Gasteiger partial charge in [0.15, 0.2) is 17.4 Å². The predicted molar refractivity (Wildman–Crippen MR) is 141 cm³/mol. The minimum Gasteiger partial charge on any atom is -0.507 e. The van der Waals surface area contributed by atoms with E-state index >= 15 is 0 Å². The molecule has 3 aliphatic rings. The van der Waals surface area contributed by atoms with Crippen molar-refractivity contribution in [3.8, 4) is 39.9 Å². The highest BCUT2D eigenvalue weighted by atomic mass is 16.5. The monoisotopic (exact) mass is 502 g/mol. The summed E-state index contributed by atoms with van der Waals surface area (Å²) in [6.45, 7) is 4.71. The lowest BCUT2D eigenvalue weighted by atomic mass is 9.84. The standard InChI is InChI=1S/C28H34N6O3/c1-27-9-10-28(2,33-27)14-20(13-27)34(19-6-7-19)24-16-29-25(32-31-24)21-8-5-17(11-22(21)35)18-12-23(36-3)26(37-4)30-15-18/h5,8,11-12,15-16,19-20,33,35H,6-7,9-10,13-14H2,1-4H3/t20?,27-,28+. The number of phenolic OH excluding ortho intramolecular Hbond substituents is 1. The number of rotatable bonds is 7. The maximum Gasteiger partial charge on any atom is 0.256 e. The Morgan fingerprint density at radius 3 is 2.27 bits per heavy atom. The van der Waals surface area contributed by atoms with Gasteiger partial charge in [-0.3, -0.25) is 0 Å². The van der Waals surface area contributed by atoms with Crippen LogP contribution >= 0.6 is 0 Å². The molecule has 2 aromatic heterocycles. The van der Waals surface area contributed by atoms with E-state index in [9.17, 15) is 5.11 Å². The lowest BCUT2D eigenvalue weighted by Gasteiger charge is -2.46. The summed E-state index contributed by atoms with van der Waals surface area (Å²) in [4.78, 5) is 11.4. The Kier molecular flexibility index (Phi) is 5.71. The van der Waals surface area contributed by atoms with Crippen LogP contribution in [0.25, 0.3) is 22.5 Å². The first-order chi connectivity index (χ1) is 17.8. The molecule has 2 bridgehead atoms. The molecule has 0 radical (unpaired) electrons. The fourth-order valence-corrected chi connectivity index (χ4v) is 6.35. The molecule has 2 N–H and O–H groups in total. The molecule has 6 rings (SSSR count). The summed E-state index contributed by atoms with van der Waals surface area (Å²) in [6, 6.07) is 8.15. The van der Waals surface area contributed by atoms with Crippen molar-refractivity contribution in [2.24, 2.45) is 0 Å². The summed E-state index contributed by atoms with van der Waals surface area (Å²) in [7, 11) is 3.11. The molecule has 9 heteroatoms. The van der Waals surface area contributed by atoms with E-state index < -0.39 is 0 Å². The molecule has 3 aromatic rings. The van der Waals surface area contributed by atoms with Gasteiger partial charge in [-0.2, -0.15) is 0 Å². The number of benzene rings is 1. The van der Waals surface area contributed by atoms with Gasteiger partial charge in [0.2, 0.25) is 0 Å². The molecule has 194 valence electrons. The Bertz CT molecular complexity index is 1300. The SMILES string of the molecule is COc1cc(-c2ccc(-c3ncc(N(C4CC4)C4C[C@]5(C)CC[C@](C)(C4)N5)nn3)c(O)c2)cnc1OC. The van der Waals surface area contributed by atoms with Crippen LogP contribution in [0.5, 0.6) is 17.4 Å². The molecule has 2 aliphatic heterocycles. The molecule has 3 fully saturated rings. The number of aromatic hydroxyl groups is 1. The minimum absolute atomic E-state index is 0.0802. The molecule has 1 aromatic carbocycles. The smallest absolute Gasteiger partial charge is 0.256 e. The van der Waals surface area contributed by atoms with E-state index in [2.05, 4.69) is 44.2 Å². The Morgan fingerprint density at radius 2 is 1.68 bits per heavy atom. The Hall–Kier alpha value is -3.46. The third-order valence-electron chi connectivity index (χ3n) is 8.16. The van der Waals surface area contributed by atoms with Crippen molar-refractivity contribution in [1.82, 2.24) is 25.5 Å². The van der Waals surface area contributed by atoms with Gasteiger partial charge in [0, 0.05) is 34.9 Å². The van der Waals surface area contributed by atoms with Crippen molar-refractivity contribution in [2.45, 2.75) is 75.5 Å². The molecule has 3 atom stereocenters.